The number of nitrogens with one attached hydrogen (secondary N) is 1. The third-order valence-corrected chi connectivity index (χ3v) is 4.11. The van der Waals surface area contributed by atoms with Gasteiger partial charge in [-0.25, -0.2) is 4.98 Å². The molecule has 0 aliphatic heterocycles. The highest BCUT2D eigenvalue weighted by molar-refractivity contribution is 5.33. The molecule has 3 rings (SSSR count). The molecule has 104 valence electrons. The Labute approximate surface area is 112 Å². The zero-order valence-electron chi connectivity index (χ0n) is 11.1. The van der Waals surface area contributed by atoms with Gasteiger partial charge in [0, 0.05) is 18.4 Å². The van der Waals surface area contributed by atoms with Crippen LogP contribution in [0.3, 0.4) is 0 Å². The van der Waals surface area contributed by atoms with Crippen LogP contribution in [0.15, 0.2) is 17.2 Å². The molecule has 2 atom stereocenters. The van der Waals surface area contributed by atoms with E-state index in [1.807, 2.05) is 0 Å². The maximum atomic E-state index is 12.3. The monoisotopic (exact) mass is 263 g/mol. The van der Waals surface area contributed by atoms with Crippen molar-refractivity contribution in [2.45, 2.75) is 63.1 Å². The van der Waals surface area contributed by atoms with Gasteiger partial charge in [-0.15, -0.1) is 0 Å². The van der Waals surface area contributed by atoms with Crippen LogP contribution in [0.25, 0.3) is 0 Å². The van der Waals surface area contributed by atoms with Crippen molar-refractivity contribution >= 4 is 5.82 Å². The molecule has 0 aromatic carbocycles. The van der Waals surface area contributed by atoms with Gasteiger partial charge < -0.3 is 15.0 Å². The Kier molecular flexibility index (Phi) is 3.55. The van der Waals surface area contributed by atoms with Crippen molar-refractivity contribution in [3.05, 3.63) is 22.7 Å². The minimum absolute atomic E-state index is 0.0437. The quantitative estimate of drug-likeness (QED) is 0.814. The van der Waals surface area contributed by atoms with Crippen LogP contribution >= 0.6 is 0 Å². The number of hydrogen-bond donors (Lipinski definition) is 2. The molecule has 0 saturated heterocycles. The molecular weight excluding hydrogens is 242 g/mol. The third kappa shape index (κ3) is 2.81. The van der Waals surface area contributed by atoms with E-state index in [4.69, 9.17) is 0 Å². The largest absolute Gasteiger partial charge is 0.391 e. The molecule has 0 amide bonds. The molecule has 19 heavy (non-hydrogen) atoms. The third-order valence-electron chi connectivity index (χ3n) is 4.11. The summed E-state index contributed by atoms with van der Waals surface area (Å²) in [6, 6.07) is 0.313. The summed E-state index contributed by atoms with van der Waals surface area (Å²) in [7, 11) is 0. The Bertz CT molecular complexity index is 496. The van der Waals surface area contributed by atoms with Crippen LogP contribution in [-0.2, 0) is 0 Å². The molecule has 2 fully saturated rings. The van der Waals surface area contributed by atoms with Gasteiger partial charge in [0.05, 0.1) is 12.1 Å². The van der Waals surface area contributed by atoms with Gasteiger partial charge in [-0.1, -0.05) is 19.3 Å². The first kappa shape index (κ1) is 12.7. The summed E-state index contributed by atoms with van der Waals surface area (Å²) in [4.78, 5) is 16.4. The molecule has 5 heteroatoms. The minimum atomic E-state index is -0.377. The highest BCUT2D eigenvalue weighted by atomic mass is 16.3. The van der Waals surface area contributed by atoms with Crippen LogP contribution in [0.1, 0.15) is 51.0 Å². The Morgan fingerprint density at radius 2 is 2.00 bits per heavy atom. The number of aliphatic hydroxyl groups excluding tert-OH is 1. The van der Waals surface area contributed by atoms with Crippen molar-refractivity contribution in [3.8, 4) is 0 Å². The smallest absolute Gasteiger partial charge is 0.293 e. The molecule has 2 aliphatic carbocycles. The molecule has 2 unspecified atom stereocenters. The van der Waals surface area contributed by atoms with E-state index in [0.29, 0.717) is 11.9 Å². The lowest BCUT2D eigenvalue weighted by Crippen LogP contribution is -2.36. The molecule has 5 nitrogen and oxygen atoms in total. The summed E-state index contributed by atoms with van der Waals surface area (Å²) in [5.74, 6) is 0.389. The van der Waals surface area contributed by atoms with E-state index >= 15 is 0 Å². The van der Waals surface area contributed by atoms with Gasteiger partial charge in [0.25, 0.3) is 5.56 Å². The molecule has 0 spiro atoms. The molecule has 2 saturated carbocycles. The van der Waals surface area contributed by atoms with Crippen molar-refractivity contribution in [1.82, 2.24) is 9.55 Å². The van der Waals surface area contributed by atoms with E-state index in [2.05, 4.69) is 10.3 Å². The van der Waals surface area contributed by atoms with E-state index in [0.717, 1.165) is 44.9 Å². The topological polar surface area (TPSA) is 67.2 Å². The fourth-order valence-corrected chi connectivity index (χ4v) is 2.80. The highest BCUT2D eigenvalue weighted by Gasteiger charge is 2.27. The van der Waals surface area contributed by atoms with Crippen molar-refractivity contribution < 1.29 is 5.11 Å². The van der Waals surface area contributed by atoms with Gasteiger partial charge >= 0.3 is 0 Å². The van der Waals surface area contributed by atoms with E-state index in [1.165, 1.54) is 0 Å². The maximum Gasteiger partial charge on any atom is 0.293 e. The molecule has 2 aliphatic rings. The lowest BCUT2D eigenvalue weighted by molar-refractivity contribution is 0.144. The van der Waals surface area contributed by atoms with Gasteiger partial charge in [0.15, 0.2) is 5.82 Å². The van der Waals surface area contributed by atoms with Crippen LogP contribution in [0.4, 0.5) is 5.82 Å². The average molecular weight is 263 g/mol. The number of anilines is 1. The van der Waals surface area contributed by atoms with Gasteiger partial charge in [-0.3, -0.25) is 4.79 Å². The summed E-state index contributed by atoms with van der Waals surface area (Å²) in [5.41, 5.74) is -0.0542. The number of rotatable bonds is 3. The molecule has 0 bridgehead atoms. The molecular formula is C14H21N3O2. The molecule has 0 radical (unpaired) electrons. The Balaban J connectivity index is 1.78. The lowest BCUT2D eigenvalue weighted by atomic mass is 10.1. The van der Waals surface area contributed by atoms with E-state index in [-0.39, 0.29) is 17.7 Å². The van der Waals surface area contributed by atoms with Crippen LogP contribution in [-0.4, -0.2) is 26.8 Å². The second-order valence-corrected chi connectivity index (χ2v) is 5.68. The Morgan fingerprint density at radius 1 is 1.21 bits per heavy atom. The number of nitrogens with zero attached hydrogens (tertiary/aromatic N) is 2. The number of aromatic nitrogens is 2. The fraction of sp³-hybridized carbons (Fsp3) is 0.714. The zero-order chi connectivity index (χ0) is 13.2. The van der Waals surface area contributed by atoms with Gasteiger partial charge in [-0.2, -0.15) is 0 Å². The van der Waals surface area contributed by atoms with Crippen molar-refractivity contribution in [3.63, 3.8) is 0 Å². The van der Waals surface area contributed by atoms with Crippen molar-refractivity contribution in [1.29, 1.82) is 0 Å². The predicted molar refractivity (Wildman–Crippen MR) is 73.3 cm³/mol. The minimum Gasteiger partial charge on any atom is -0.391 e. The second-order valence-electron chi connectivity index (χ2n) is 5.68. The standard InChI is InChI=1S/C14H21N3O2/c18-12-5-3-1-2-4-11(12)16-13-14(19)17(9-8-15-13)10-6-7-10/h8-12,18H,1-7H2,(H,15,16). The summed E-state index contributed by atoms with van der Waals surface area (Å²) in [6.45, 7) is 0. The van der Waals surface area contributed by atoms with E-state index in [9.17, 15) is 9.90 Å². The lowest BCUT2D eigenvalue weighted by Gasteiger charge is -2.22. The van der Waals surface area contributed by atoms with Crippen LogP contribution in [0, 0.1) is 0 Å². The number of hydrogen-bond acceptors (Lipinski definition) is 4. The molecule has 1 aromatic heterocycles. The van der Waals surface area contributed by atoms with Crippen molar-refractivity contribution in [2.24, 2.45) is 0 Å². The predicted octanol–water partition coefficient (Wildman–Crippen LogP) is 1.68. The average Bonchev–Trinajstić information content (AvgIpc) is 3.22. The van der Waals surface area contributed by atoms with Crippen LogP contribution in [0.5, 0.6) is 0 Å². The molecule has 2 N–H and O–H groups in total. The summed E-state index contributed by atoms with van der Waals surface area (Å²) < 4.78 is 1.76. The van der Waals surface area contributed by atoms with E-state index < -0.39 is 0 Å². The highest BCUT2D eigenvalue weighted by Crippen LogP contribution is 2.33. The van der Waals surface area contributed by atoms with Gasteiger partial charge in [0.1, 0.15) is 0 Å². The first-order valence-electron chi connectivity index (χ1n) is 7.27. The SMILES string of the molecule is O=c1c(NC2CCCCCC2O)nccn1C1CC1. The summed E-state index contributed by atoms with van der Waals surface area (Å²) in [5, 5.41) is 13.3. The van der Waals surface area contributed by atoms with Gasteiger partial charge in [-0.05, 0) is 25.7 Å². The Hall–Kier alpha value is -1.36. The van der Waals surface area contributed by atoms with Crippen LogP contribution in [0.2, 0.25) is 0 Å². The maximum absolute atomic E-state index is 12.3. The second kappa shape index (κ2) is 5.33. The van der Waals surface area contributed by atoms with Crippen molar-refractivity contribution in [2.75, 3.05) is 5.32 Å². The van der Waals surface area contributed by atoms with Gasteiger partial charge in [0.2, 0.25) is 0 Å². The first-order chi connectivity index (χ1) is 9.25. The zero-order valence-corrected chi connectivity index (χ0v) is 11.1. The molecule has 1 aromatic rings. The first-order valence-corrected chi connectivity index (χ1v) is 7.27. The van der Waals surface area contributed by atoms with Crippen LogP contribution < -0.4 is 10.9 Å². The fourth-order valence-electron chi connectivity index (χ4n) is 2.80. The number of aliphatic hydroxyl groups is 1. The molecule has 1 heterocycles. The Morgan fingerprint density at radius 3 is 2.79 bits per heavy atom. The summed E-state index contributed by atoms with van der Waals surface area (Å²) in [6.07, 6.45) is 10.2. The normalized spacial score (nSPS) is 27.8. The van der Waals surface area contributed by atoms with E-state index in [1.54, 1.807) is 17.0 Å². The summed E-state index contributed by atoms with van der Waals surface area (Å²) >= 11 is 0.